The molecule has 1 aromatic rings. The number of hydrogen-bond acceptors (Lipinski definition) is 2. The van der Waals surface area contributed by atoms with E-state index >= 15 is 0 Å². The van der Waals surface area contributed by atoms with Crippen molar-refractivity contribution in [3.63, 3.8) is 0 Å². The fraction of sp³-hybridized carbons (Fsp3) is 0.667. The molecule has 2 fully saturated rings. The Hall–Kier alpha value is -0.860. The topological polar surface area (TPSA) is 15.3 Å². The largest absolute Gasteiger partial charge is 0.314 e. The number of rotatable bonds is 5. The van der Waals surface area contributed by atoms with Crippen LogP contribution in [-0.4, -0.2) is 31.1 Å². The fourth-order valence-corrected chi connectivity index (χ4v) is 3.26. The van der Waals surface area contributed by atoms with Gasteiger partial charge in [-0.15, -0.1) is 0 Å². The molecule has 0 aromatic heterocycles. The van der Waals surface area contributed by atoms with Gasteiger partial charge in [0.05, 0.1) is 0 Å². The molecule has 0 spiro atoms. The summed E-state index contributed by atoms with van der Waals surface area (Å²) in [5.41, 5.74) is 2.99. The van der Waals surface area contributed by atoms with Crippen LogP contribution in [0.2, 0.25) is 0 Å². The molecule has 1 N–H and O–H groups in total. The monoisotopic (exact) mass is 272 g/mol. The van der Waals surface area contributed by atoms with Gasteiger partial charge in [0.15, 0.2) is 0 Å². The highest BCUT2D eigenvalue weighted by Crippen LogP contribution is 2.40. The second-order valence-electron chi connectivity index (χ2n) is 6.80. The first-order chi connectivity index (χ1) is 9.74. The van der Waals surface area contributed by atoms with Gasteiger partial charge in [0.25, 0.3) is 0 Å². The molecule has 1 saturated carbocycles. The lowest BCUT2D eigenvalue weighted by atomic mass is 9.95. The van der Waals surface area contributed by atoms with Crippen LogP contribution >= 0.6 is 0 Å². The first kappa shape index (κ1) is 14.1. The van der Waals surface area contributed by atoms with Gasteiger partial charge in [-0.1, -0.05) is 51.0 Å². The Bertz CT molecular complexity index is 414. The summed E-state index contributed by atoms with van der Waals surface area (Å²) in [4.78, 5) is 2.69. The lowest BCUT2D eigenvalue weighted by Crippen LogP contribution is -2.45. The molecular formula is C18H28N2. The molecule has 20 heavy (non-hydrogen) atoms. The zero-order chi connectivity index (χ0) is 13.9. The Morgan fingerprint density at radius 1 is 1.05 bits per heavy atom. The average Bonchev–Trinajstić information content (AvgIpc) is 3.30. The molecule has 1 aromatic carbocycles. The first-order valence-electron chi connectivity index (χ1n) is 8.28. The molecule has 0 unspecified atom stereocenters. The summed E-state index contributed by atoms with van der Waals surface area (Å²) in [5, 5.41) is 3.47. The highest BCUT2D eigenvalue weighted by atomic mass is 15.2. The van der Waals surface area contributed by atoms with Gasteiger partial charge in [0, 0.05) is 32.2 Å². The lowest BCUT2D eigenvalue weighted by Gasteiger charge is -2.35. The van der Waals surface area contributed by atoms with E-state index in [1.54, 1.807) is 0 Å². The highest BCUT2D eigenvalue weighted by molar-refractivity contribution is 5.27. The summed E-state index contributed by atoms with van der Waals surface area (Å²) in [6.07, 6.45) is 4.26. The Labute approximate surface area is 123 Å². The molecule has 1 saturated heterocycles. The van der Waals surface area contributed by atoms with Gasteiger partial charge in [-0.05, 0) is 29.4 Å². The van der Waals surface area contributed by atoms with Crippen molar-refractivity contribution in [1.82, 2.24) is 10.2 Å². The van der Waals surface area contributed by atoms with Crippen molar-refractivity contribution in [2.75, 3.05) is 26.2 Å². The van der Waals surface area contributed by atoms with Gasteiger partial charge in [-0.3, -0.25) is 4.90 Å². The number of nitrogens with zero attached hydrogens (tertiary/aromatic N) is 1. The van der Waals surface area contributed by atoms with E-state index in [1.807, 2.05) is 0 Å². The van der Waals surface area contributed by atoms with E-state index in [9.17, 15) is 0 Å². The predicted molar refractivity (Wildman–Crippen MR) is 85.1 cm³/mol. The Morgan fingerprint density at radius 2 is 1.65 bits per heavy atom. The van der Waals surface area contributed by atoms with Gasteiger partial charge < -0.3 is 5.32 Å². The van der Waals surface area contributed by atoms with Crippen molar-refractivity contribution in [3.8, 4) is 0 Å². The molecule has 1 aliphatic heterocycles. The third-order valence-corrected chi connectivity index (χ3v) is 4.83. The molecule has 110 valence electrons. The maximum atomic E-state index is 3.47. The number of benzene rings is 1. The minimum Gasteiger partial charge on any atom is -0.314 e. The Kier molecular flexibility index (Phi) is 4.42. The van der Waals surface area contributed by atoms with Crippen LogP contribution in [0, 0.1) is 5.92 Å². The Morgan fingerprint density at radius 3 is 2.20 bits per heavy atom. The molecule has 0 radical (unpaired) electrons. The van der Waals surface area contributed by atoms with Gasteiger partial charge in [-0.25, -0.2) is 0 Å². The first-order valence-corrected chi connectivity index (χ1v) is 8.28. The van der Waals surface area contributed by atoms with Gasteiger partial charge in [-0.2, -0.15) is 0 Å². The van der Waals surface area contributed by atoms with Crippen LogP contribution in [0.1, 0.15) is 56.2 Å². The zero-order valence-corrected chi connectivity index (χ0v) is 12.9. The van der Waals surface area contributed by atoms with Gasteiger partial charge >= 0.3 is 0 Å². The highest BCUT2D eigenvalue weighted by Gasteiger charge is 2.30. The second kappa shape index (κ2) is 6.28. The van der Waals surface area contributed by atoms with Crippen molar-refractivity contribution < 1.29 is 0 Å². The quantitative estimate of drug-likeness (QED) is 0.881. The molecule has 2 heteroatoms. The van der Waals surface area contributed by atoms with Crippen LogP contribution in [-0.2, 0) is 0 Å². The van der Waals surface area contributed by atoms with Crippen molar-refractivity contribution >= 4 is 0 Å². The summed E-state index contributed by atoms with van der Waals surface area (Å²) >= 11 is 0. The van der Waals surface area contributed by atoms with E-state index in [2.05, 4.69) is 48.3 Å². The van der Waals surface area contributed by atoms with E-state index in [0.717, 1.165) is 19.0 Å². The SMILES string of the molecule is CC(C)c1ccc([C@@H](CC2CC2)N2CCNCC2)cc1. The molecule has 2 aliphatic rings. The fourth-order valence-electron chi connectivity index (χ4n) is 3.26. The van der Waals surface area contributed by atoms with Crippen molar-refractivity contribution in [1.29, 1.82) is 0 Å². The molecule has 3 rings (SSSR count). The summed E-state index contributed by atoms with van der Waals surface area (Å²) in [7, 11) is 0. The van der Waals surface area contributed by atoms with Crippen LogP contribution in [0.4, 0.5) is 0 Å². The second-order valence-corrected chi connectivity index (χ2v) is 6.80. The zero-order valence-electron chi connectivity index (χ0n) is 12.9. The normalized spacial score (nSPS) is 22.1. The predicted octanol–water partition coefficient (Wildman–Crippen LogP) is 3.56. The smallest absolute Gasteiger partial charge is 0.0351 e. The minimum absolute atomic E-state index is 0.630. The summed E-state index contributed by atoms with van der Waals surface area (Å²) in [6, 6.07) is 10.1. The van der Waals surface area contributed by atoms with Gasteiger partial charge in [0.1, 0.15) is 0 Å². The van der Waals surface area contributed by atoms with Crippen LogP contribution in [0.3, 0.4) is 0 Å². The van der Waals surface area contributed by atoms with Crippen molar-refractivity contribution in [2.45, 2.75) is 45.1 Å². The number of piperazine rings is 1. The molecular weight excluding hydrogens is 244 g/mol. The van der Waals surface area contributed by atoms with Crippen LogP contribution in [0.15, 0.2) is 24.3 Å². The molecule has 1 atom stereocenters. The molecule has 2 nitrogen and oxygen atoms in total. The van der Waals surface area contributed by atoms with E-state index in [0.29, 0.717) is 12.0 Å². The van der Waals surface area contributed by atoms with Crippen molar-refractivity contribution in [2.24, 2.45) is 5.92 Å². The van der Waals surface area contributed by atoms with E-state index in [-0.39, 0.29) is 0 Å². The summed E-state index contributed by atoms with van der Waals surface area (Å²) < 4.78 is 0. The summed E-state index contributed by atoms with van der Waals surface area (Å²) in [6.45, 7) is 9.23. The molecule has 0 amide bonds. The van der Waals surface area contributed by atoms with E-state index in [1.165, 1.54) is 43.5 Å². The number of hydrogen-bond donors (Lipinski definition) is 1. The van der Waals surface area contributed by atoms with Crippen LogP contribution < -0.4 is 5.32 Å². The van der Waals surface area contributed by atoms with E-state index < -0.39 is 0 Å². The third-order valence-electron chi connectivity index (χ3n) is 4.83. The molecule has 1 aliphatic carbocycles. The maximum Gasteiger partial charge on any atom is 0.0351 e. The van der Waals surface area contributed by atoms with Crippen LogP contribution in [0.5, 0.6) is 0 Å². The van der Waals surface area contributed by atoms with Crippen LogP contribution in [0.25, 0.3) is 0 Å². The molecule has 0 bridgehead atoms. The Balaban J connectivity index is 1.76. The third kappa shape index (κ3) is 3.42. The molecule has 1 heterocycles. The lowest BCUT2D eigenvalue weighted by molar-refractivity contribution is 0.160. The average molecular weight is 272 g/mol. The van der Waals surface area contributed by atoms with Crippen molar-refractivity contribution in [3.05, 3.63) is 35.4 Å². The summed E-state index contributed by atoms with van der Waals surface area (Å²) in [5.74, 6) is 1.62. The standard InChI is InChI=1S/C18H28N2/c1-14(2)16-5-7-17(8-6-16)18(13-15-3-4-15)20-11-9-19-10-12-20/h5-8,14-15,18-19H,3-4,9-13H2,1-2H3/t18-/m1/s1. The van der Waals surface area contributed by atoms with E-state index in [4.69, 9.17) is 0 Å². The van der Waals surface area contributed by atoms with Gasteiger partial charge in [0.2, 0.25) is 0 Å². The number of nitrogens with one attached hydrogen (secondary N) is 1. The maximum absolute atomic E-state index is 3.47. The minimum atomic E-state index is 0.630.